The van der Waals surface area contributed by atoms with Crippen molar-refractivity contribution in [3.63, 3.8) is 0 Å². The molecule has 1 aromatic heterocycles. The Labute approximate surface area is 182 Å². The van der Waals surface area contributed by atoms with E-state index in [0.717, 1.165) is 15.6 Å². The Morgan fingerprint density at radius 3 is 2.50 bits per heavy atom. The summed E-state index contributed by atoms with van der Waals surface area (Å²) in [6.07, 6.45) is 3.94. The van der Waals surface area contributed by atoms with Crippen LogP contribution in [-0.4, -0.2) is 29.4 Å². The lowest BCUT2D eigenvalue weighted by atomic mass is 9.70. The maximum absolute atomic E-state index is 12.6. The van der Waals surface area contributed by atoms with Gasteiger partial charge in [0.2, 0.25) is 0 Å². The van der Waals surface area contributed by atoms with Crippen molar-refractivity contribution in [2.45, 2.75) is 29.1 Å². The Kier molecular flexibility index (Phi) is 3.71. The Morgan fingerprint density at radius 1 is 1.10 bits per heavy atom. The molecular formula is C24H20BrNO4. The quantitative estimate of drug-likeness (QED) is 0.584. The lowest BCUT2D eigenvalue weighted by Gasteiger charge is -2.41. The molecule has 6 rings (SSSR count). The van der Waals surface area contributed by atoms with Crippen molar-refractivity contribution in [2.24, 2.45) is 0 Å². The fourth-order valence-corrected chi connectivity index (χ4v) is 5.84. The number of pyridine rings is 1. The third-order valence-electron chi connectivity index (χ3n) is 6.92. The molecule has 3 heterocycles. The van der Waals surface area contributed by atoms with Crippen molar-refractivity contribution < 1.29 is 19.3 Å². The van der Waals surface area contributed by atoms with Crippen LogP contribution in [-0.2, 0) is 15.9 Å². The van der Waals surface area contributed by atoms with Crippen molar-refractivity contribution in [1.82, 2.24) is 4.98 Å². The first-order valence-electron chi connectivity index (χ1n) is 9.94. The summed E-state index contributed by atoms with van der Waals surface area (Å²) < 4.78 is 19.4. The highest BCUT2D eigenvalue weighted by Gasteiger charge is 2.84. The molecule has 30 heavy (non-hydrogen) atoms. The van der Waals surface area contributed by atoms with E-state index in [-0.39, 0.29) is 5.92 Å². The van der Waals surface area contributed by atoms with Crippen LogP contribution in [0.15, 0.2) is 71.5 Å². The van der Waals surface area contributed by atoms with Crippen LogP contribution < -0.4 is 9.47 Å². The number of rotatable bonds is 3. The molecule has 1 saturated carbocycles. The average molecular weight is 466 g/mol. The van der Waals surface area contributed by atoms with Gasteiger partial charge in [0.05, 0.1) is 31.7 Å². The van der Waals surface area contributed by atoms with Crippen molar-refractivity contribution >= 4 is 15.9 Å². The van der Waals surface area contributed by atoms with Gasteiger partial charge in [-0.25, -0.2) is 0 Å². The molecule has 0 amide bonds. The number of methoxy groups -OCH3 is 1. The summed E-state index contributed by atoms with van der Waals surface area (Å²) >= 11 is 3.53. The van der Waals surface area contributed by atoms with E-state index in [1.54, 1.807) is 19.5 Å². The summed E-state index contributed by atoms with van der Waals surface area (Å²) in [6.45, 7) is 0.472. The second-order valence-electron chi connectivity index (χ2n) is 8.22. The highest BCUT2D eigenvalue weighted by atomic mass is 79.9. The number of benzene rings is 2. The predicted molar refractivity (Wildman–Crippen MR) is 114 cm³/mol. The average Bonchev–Trinajstić information content (AvgIpc) is 3.47. The van der Waals surface area contributed by atoms with Gasteiger partial charge in [-0.05, 0) is 29.7 Å². The van der Waals surface area contributed by atoms with Gasteiger partial charge in [-0.1, -0.05) is 58.4 Å². The Balaban J connectivity index is 1.68. The van der Waals surface area contributed by atoms with Gasteiger partial charge in [0.1, 0.15) is 17.1 Å². The number of halogens is 1. The molecule has 2 aromatic carbocycles. The standard InChI is InChI=1S/C24H20BrNO4/c1-28-19-12-26-13-20-21(19)24(27)22(14-29-22)11-18(15-5-3-2-4-6-15)23(24,30-20)16-7-9-17(25)10-8-16/h2-10,12-13,18,27H,11,14H2,1H3/t18-,22?,23-,24-/m0/s1. The molecule has 1 N–H and O–H groups in total. The molecule has 6 heteroatoms. The normalized spacial score (nSPS) is 33.1. The van der Waals surface area contributed by atoms with Crippen LogP contribution in [0.2, 0.25) is 0 Å². The van der Waals surface area contributed by atoms with Crippen LogP contribution in [0.5, 0.6) is 11.5 Å². The third kappa shape index (κ3) is 2.06. The van der Waals surface area contributed by atoms with E-state index >= 15 is 0 Å². The van der Waals surface area contributed by atoms with Gasteiger partial charge in [0.25, 0.3) is 0 Å². The van der Waals surface area contributed by atoms with Crippen molar-refractivity contribution in [2.75, 3.05) is 13.7 Å². The molecule has 1 aliphatic carbocycles. The number of epoxide rings is 1. The first-order valence-corrected chi connectivity index (χ1v) is 10.7. The number of aromatic nitrogens is 1. The largest absolute Gasteiger partial charge is 0.495 e. The molecule has 3 aliphatic rings. The zero-order valence-electron chi connectivity index (χ0n) is 16.3. The number of aliphatic hydroxyl groups is 1. The minimum absolute atomic E-state index is 0.121. The minimum atomic E-state index is -1.42. The Morgan fingerprint density at radius 2 is 1.83 bits per heavy atom. The van der Waals surface area contributed by atoms with Gasteiger partial charge in [0, 0.05) is 10.4 Å². The highest BCUT2D eigenvalue weighted by molar-refractivity contribution is 9.10. The maximum Gasteiger partial charge on any atom is 0.177 e. The zero-order chi connectivity index (χ0) is 20.6. The molecule has 1 unspecified atom stereocenters. The molecule has 0 radical (unpaired) electrons. The topological polar surface area (TPSA) is 64.1 Å². The smallest absolute Gasteiger partial charge is 0.177 e. The second-order valence-corrected chi connectivity index (χ2v) is 9.14. The summed E-state index contributed by atoms with van der Waals surface area (Å²) in [4.78, 5) is 4.28. The fraction of sp³-hybridized carbons (Fsp3) is 0.292. The summed E-state index contributed by atoms with van der Waals surface area (Å²) in [5.41, 5.74) is -0.597. The van der Waals surface area contributed by atoms with Gasteiger partial charge in [-0.15, -0.1) is 0 Å². The molecule has 152 valence electrons. The summed E-state index contributed by atoms with van der Waals surface area (Å²) in [6, 6.07) is 18.2. The third-order valence-corrected chi connectivity index (χ3v) is 7.45. The highest BCUT2D eigenvalue weighted by Crippen LogP contribution is 2.75. The van der Waals surface area contributed by atoms with E-state index in [4.69, 9.17) is 14.2 Å². The van der Waals surface area contributed by atoms with Gasteiger partial charge in [-0.2, -0.15) is 0 Å². The van der Waals surface area contributed by atoms with Crippen LogP contribution in [0.25, 0.3) is 0 Å². The summed E-state index contributed by atoms with van der Waals surface area (Å²) in [7, 11) is 1.59. The van der Waals surface area contributed by atoms with Crippen LogP contribution >= 0.6 is 15.9 Å². The minimum Gasteiger partial charge on any atom is -0.495 e. The molecule has 3 aromatic rings. The molecule has 2 aliphatic heterocycles. The zero-order valence-corrected chi connectivity index (χ0v) is 17.9. The van der Waals surface area contributed by atoms with E-state index in [1.807, 2.05) is 42.5 Å². The first kappa shape index (κ1) is 18.4. The van der Waals surface area contributed by atoms with E-state index in [2.05, 4.69) is 33.0 Å². The lowest BCUT2D eigenvalue weighted by molar-refractivity contribution is -0.134. The number of ether oxygens (including phenoxy) is 3. The number of hydrogen-bond donors (Lipinski definition) is 1. The molecule has 2 fully saturated rings. The molecule has 0 bridgehead atoms. The van der Waals surface area contributed by atoms with Crippen molar-refractivity contribution in [1.29, 1.82) is 0 Å². The van der Waals surface area contributed by atoms with Crippen LogP contribution in [0.4, 0.5) is 0 Å². The van der Waals surface area contributed by atoms with Crippen LogP contribution in [0.1, 0.15) is 29.0 Å². The first-order chi connectivity index (χ1) is 14.6. The molecule has 4 atom stereocenters. The Bertz CT molecular complexity index is 1130. The summed E-state index contributed by atoms with van der Waals surface area (Å²) in [5, 5.41) is 12.6. The van der Waals surface area contributed by atoms with E-state index in [9.17, 15) is 5.11 Å². The van der Waals surface area contributed by atoms with Crippen molar-refractivity contribution in [3.8, 4) is 11.5 Å². The number of hydrogen-bond acceptors (Lipinski definition) is 5. The summed E-state index contributed by atoms with van der Waals surface area (Å²) in [5.74, 6) is 0.928. The van der Waals surface area contributed by atoms with Gasteiger partial charge in [-0.3, -0.25) is 4.98 Å². The van der Waals surface area contributed by atoms with E-state index in [0.29, 0.717) is 30.1 Å². The van der Waals surface area contributed by atoms with E-state index in [1.165, 1.54) is 0 Å². The van der Waals surface area contributed by atoms with Crippen LogP contribution in [0.3, 0.4) is 0 Å². The number of nitrogens with zero attached hydrogens (tertiary/aromatic N) is 1. The van der Waals surface area contributed by atoms with Gasteiger partial charge in [0.15, 0.2) is 11.2 Å². The lowest BCUT2D eigenvalue weighted by Crippen LogP contribution is -2.53. The van der Waals surface area contributed by atoms with Gasteiger partial charge < -0.3 is 19.3 Å². The fourth-order valence-electron chi connectivity index (χ4n) is 5.57. The van der Waals surface area contributed by atoms with Crippen molar-refractivity contribution in [3.05, 3.63) is 88.2 Å². The predicted octanol–water partition coefficient (Wildman–Crippen LogP) is 4.28. The monoisotopic (exact) mass is 465 g/mol. The van der Waals surface area contributed by atoms with Gasteiger partial charge >= 0.3 is 0 Å². The Hall–Kier alpha value is -2.41. The maximum atomic E-state index is 12.6. The molecule has 5 nitrogen and oxygen atoms in total. The second kappa shape index (κ2) is 6.06. The molecule has 1 saturated heterocycles. The van der Waals surface area contributed by atoms with E-state index < -0.39 is 16.8 Å². The number of fused-ring (bicyclic) bond motifs is 4. The SMILES string of the molecule is COc1cncc2c1[C@]1(O)C3(CO3)C[C@@H](c3ccccc3)[C@]1(c1ccc(Br)cc1)O2. The molecular weight excluding hydrogens is 446 g/mol. The molecule has 1 spiro atoms. The van der Waals surface area contributed by atoms with Crippen LogP contribution in [0, 0.1) is 0 Å².